The van der Waals surface area contributed by atoms with Crippen LogP contribution >= 0.6 is 11.6 Å². The summed E-state index contributed by atoms with van der Waals surface area (Å²) in [6, 6.07) is 15.0. The number of ether oxygens (including phenoxy) is 1. The average Bonchev–Trinajstić information content (AvgIpc) is 2.90. The number of anilines is 4. The molecule has 1 aromatic heterocycles. The molecule has 0 radical (unpaired) electrons. The van der Waals surface area contributed by atoms with Crippen molar-refractivity contribution < 1.29 is 17.9 Å². The minimum Gasteiger partial charge on any atom is -0.469 e. The Morgan fingerprint density at radius 1 is 1.00 bits per heavy atom. The van der Waals surface area contributed by atoms with Crippen LogP contribution in [-0.2, 0) is 32.2 Å². The number of hydrogen-bond acceptors (Lipinski definition) is 9. The van der Waals surface area contributed by atoms with Crippen molar-refractivity contribution in [1.82, 2.24) is 9.97 Å². The highest BCUT2D eigenvalue weighted by atomic mass is 35.5. The summed E-state index contributed by atoms with van der Waals surface area (Å²) >= 11 is 6.03. The monoisotopic (exact) mass is 541 g/mol. The second-order valence-corrected chi connectivity index (χ2v) is 11.6. The average molecular weight is 542 g/mol. The molecule has 2 aliphatic heterocycles. The van der Waals surface area contributed by atoms with Gasteiger partial charge >= 0.3 is 5.97 Å². The largest absolute Gasteiger partial charge is 0.469 e. The molecule has 2 aliphatic rings. The van der Waals surface area contributed by atoms with E-state index in [0.29, 0.717) is 54.1 Å². The number of halogens is 1. The molecule has 0 spiro atoms. The first-order valence-corrected chi connectivity index (χ1v) is 14.2. The van der Waals surface area contributed by atoms with Crippen LogP contribution in [0, 0.1) is 0 Å². The molecule has 1 saturated heterocycles. The Kier molecular flexibility index (Phi) is 7.21. The van der Waals surface area contributed by atoms with Gasteiger partial charge in [0, 0.05) is 42.6 Å². The quantitative estimate of drug-likeness (QED) is 0.468. The van der Waals surface area contributed by atoms with Gasteiger partial charge < -0.3 is 19.9 Å². The van der Waals surface area contributed by atoms with Gasteiger partial charge in [0.15, 0.2) is 15.7 Å². The highest BCUT2D eigenvalue weighted by Crippen LogP contribution is 2.33. The molecule has 0 amide bonds. The fraction of sp³-hybridized carbons (Fsp3) is 0.346. The zero-order chi connectivity index (χ0) is 26.0. The number of aryl methyl sites for hydroxylation is 1. The van der Waals surface area contributed by atoms with Gasteiger partial charge in [0.2, 0.25) is 5.95 Å². The molecule has 1 fully saturated rings. The zero-order valence-electron chi connectivity index (χ0n) is 20.5. The van der Waals surface area contributed by atoms with E-state index in [1.807, 2.05) is 24.3 Å². The molecule has 194 valence electrons. The van der Waals surface area contributed by atoms with Crippen LogP contribution in [0.2, 0.25) is 5.02 Å². The van der Waals surface area contributed by atoms with Crippen LogP contribution < -0.4 is 15.1 Å². The number of benzene rings is 2. The Balaban J connectivity index is 1.39. The molecule has 3 heterocycles. The van der Waals surface area contributed by atoms with Crippen LogP contribution in [0.25, 0.3) is 0 Å². The normalized spacial score (nSPS) is 16.7. The molecule has 0 saturated carbocycles. The lowest BCUT2D eigenvalue weighted by Crippen LogP contribution is -2.47. The number of hydrogen-bond donors (Lipinski definition) is 1. The van der Waals surface area contributed by atoms with Gasteiger partial charge in [-0.05, 0) is 54.8 Å². The van der Waals surface area contributed by atoms with Crippen molar-refractivity contribution in [2.24, 2.45) is 0 Å². The van der Waals surface area contributed by atoms with Crippen molar-refractivity contribution in [3.63, 3.8) is 0 Å². The first-order chi connectivity index (χ1) is 17.8. The summed E-state index contributed by atoms with van der Waals surface area (Å²) in [5.41, 5.74) is 3.14. The predicted molar refractivity (Wildman–Crippen MR) is 144 cm³/mol. The van der Waals surface area contributed by atoms with E-state index in [1.165, 1.54) is 7.11 Å². The second-order valence-electron chi connectivity index (χ2n) is 9.10. The van der Waals surface area contributed by atoms with Crippen molar-refractivity contribution in [2.45, 2.75) is 24.2 Å². The van der Waals surface area contributed by atoms with Crippen LogP contribution in [0.15, 0.2) is 53.4 Å². The number of sulfone groups is 1. The molecule has 5 rings (SSSR count). The third-order valence-electron chi connectivity index (χ3n) is 6.61. The number of rotatable bonds is 6. The van der Waals surface area contributed by atoms with Crippen LogP contribution in [0.5, 0.6) is 0 Å². The lowest BCUT2D eigenvalue weighted by molar-refractivity contribution is -0.139. The van der Waals surface area contributed by atoms with E-state index in [-0.39, 0.29) is 23.0 Å². The van der Waals surface area contributed by atoms with Crippen LogP contribution in [0.1, 0.15) is 17.7 Å². The van der Waals surface area contributed by atoms with Gasteiger partial charge in [-0.15, -0.1) is 0 Å². The van der Waals surface area contributed by atoms with Gasteiger partial charge in [-0.2, -0.15) is 4.98 Å². The first-order valence-electron chi connectivity index (χ1n) is 12.1. The number of methoxy groups -OCH3 is 1. The molecule has 0 aliphatic carbocycles. The summed E-state index contributed by atoms with van der Waals surface area (Å²) in [6.07, 6.45) is 1.29. The molecule has 37 heavy (non-hydrogen) atoms. The Morgan fingerprint density at radius 2 is 1.68 bits per heavy atom. The Hall–Kier alpha value is -3.37. The second kappa shape index (κ2) is 10.5. The van der Waals surface area contributed by atoms with Crippen LogP contribution in [0.3, 0.4) is 0 Å². The fourth-order valence-electron chi connectivity index (χ4n) is 4.64. The third-order valence-corrected chi connectivity index (χ3v) is 8.74. The summed E-state index contributed by atoms with van der Waals surface area (Å²) in [5.74, 6) is 0.573. The topological polar surface area (TPSA) is 105 Å². The molecule has 0 unspecified atom stereocenters. The van der Waals surface area contributed by atoms with Crippen LogP contribution in [-0.4, -0.2) is 63.4 Å². The van der Waals surface area contributed by atoms with E-state index < -0.39 is 9.84 Å². The van der Waals surface area contributed by atoms with Crippen molar-refractivity contribution >= 4 is 50.5 Å². The van der Waals surface area contributed by atoms with Crippen molar-refractivity contribution in [2.75, 3.05) is 54.2 Å². The molecule has 11 heteroatoms. The summed E-state index contributed by atoms with van der Waals surface area (Å²) in [6.45, 7) is 2.97. The standard InChI is InChI=1S/C26H28ClN5O4S/c1-36-23(33)17-18-4-8-20(9-5-18)28-25-24-22(3-2-16-37(24,34)35)29-26(30-25)32-14-12-31(13-15-32)21-10-6-19(27)7-11-21/h4-11H,2-3,12-17H2,1H3,(H,28,29,30). The molecular formula is C26H28ClN5O4S. The SMILES string of the molecule is COC(=O)Cc1ccc(Nc2nc(N3CCN(c4ccc(Cl)cc4)CC3)nc3c2S(=O)(=O)CCC3)cc1. The Labute approximate surface area is 221 Å². The first kappa shape index (κ1) is 25.3. The van der Waals surface area contributed by atoms with Gasteiger partial charge in [0.25, 0.3) is 0 Å². The number of esters is 1. The number of carbonyl (C=O) groups is 1. The van der Waals surface area contributed by atoms with Gasteiger partial charge in [0.1, 0.15) is 4.90 Å². The van der Waals surface area contributed by atoms with Gasteiger partial charge in [-0.25, -0.2) is 13.4 Å². The summed E-state index contributed by atoms with van der Waals surface area (Å²) in [4.78, 5) is 25.5. The molecular weight excluding hydrogens is 514 g/mol. The molecule has 9 nitrogen and oxygen atoms in total. The maximum atomic E-state index is 13.0. The maximum Gasteiger partial charge on any atom is 0.309 e. The zero-order valence-corrected chi connectivity index (χ0v) is 22.1. The van der Waals surface area contributed by atoms with Crippen LogP contribution in [0.4, 0.5) is 23.1 Å². The molecule has 2 aromatic carbocycles. The molecule has 0 bridgehead atoms. The number of piperazine rings is 1. The van der Waals surface area contributed by atoms with Gasteiger partial charge in [0.05, 0.1) is 25.0 Å². The third kappa shape index (κ3) is 5.65. The predicted octanol–water partition coefficient (Wildman–Crippen LogP) is 3.64. The summed E-state index contributed by atoms with van der Waals surface area (Å²) in [5, 5.41) is 3.91. The molecule has 0 atom stereocenters. The number of carbonyl (C=O) groups excluding carboxylic acids is 1. The lowest BCUT2D eigenvalue weighted by atomic mass is 10.1. The number of nitrogens with one attached hydrogen (secondary N) is 1. The number of nitrogens with zero attached hydrogens (tertiary/aromatic N) is 4. The van der Waals surface area contributed by atoms with E-state index in [4.69, 9.17) is 26.3 Å². The minimum atomic E-state index is -3.50. The van der Waals surface area contributed by atoms with E-state index in [0.717, 1.165) is 24.3 Å². The molecule has 1 N–H and O–H groups in total. The van der Waals surface area contributed by atoms with E-state index in [2.05, 4.69) is 15.1 Å². The van der Waals surface area contributed by atoms with Gasteiger partial charge in [-0.3, -0.25) is 4.79 Å². The molecule has 3 aromatic rings. The summed E-state index contributed by atoms with van der Waals surface area (Å²) < 4.78 is 30.7. The van der Waals surface area contributed by atoms with Crippen molar-refractivity contribution in [1.29, 1.82) is 0 Å². The number of aromatic nitrogens is 2. The summed E-state index contributed by atoms with van der Waals surface area (Å²) in [7, 11) is -2.15. The smallest absolute Gasteiger partial charge is 0.309 e. The van der Waals surface area contributed by atoms with E-state index in [1.54, 1.807) is 24.3 Å². The van der Waals surface area contributed by atoms with Crippen molar-refractivity contribution in [3.8, 4) is 0 Å². The maximum absolute atomic E-state index is 13.0. The Morgan fingerprint density at radius 3 is 2.35 bits per heavy atom. The Bertz CT molecular complexity index is 1390. The van der Waals surface area contributed by atoms with Gasteiger partial charge in [-0.1, -0.05) is 23.7 Å². The highest BCUT2D eigenvalue weighted by Gasteiger charge is 2.31. The minimum absolute atomic E-state index is 0.0786. The fourth-order valence-corrected chi connectivity index (χ4v) is 6.39. The van der Waals surface area contributed by atoms with Crippen molar-refractivity contribution in [3.05, 3.63) is 64.8 Å². The highest BCUT2D eigenvalue weighted by molar-refractivity contribution is 7.91. The van der Waals surface area contributed by atoms with E-state index in [9.17, 15) is 13.2 Å². The number of fused-ring (bicyclic) bond motifs is 1. The lowest BCUT2D eigenvalue weighted by Gasteiger charge is -2.36. The van der Waals surface area contributed by atoms with E-state index >= 15 is 0 Å².